The molecule has 2 N–H and O–H groups in total. The molecule has 5 heteroatoms. The molecule has 0 bridgehead atoms. The maximum absolute atomic E-state index is 13.1. The van der Waals surface area contributed by atoms with Crippen LogP contribution in [0.1, 0.15) is 31.9 Å². The Bertz CT molecular complexity index is 407. The molecule has 0 heterocycles. The molecule has 0 aliphatic heterocycles. The Morgan fingerprint density at radius 2 is 1.71 bits per heavy atom. The van der Waals surface area contributed by atoms with Crippen molar-refractivity contribution in [2.45, 2.75) is 32.5 Å². The highest BCUT2D eigenvalue weighted by atomic mass is 19.4. The molecule has 1 aromatic carbocycles. The molecule has 0 aliphatic carbocycles. The van der Waals surface area contributed by atoms with E-state index in [1.54, 1.807) is 20.8 Å². The van der Waals surface area contributed by atoms with E-state index in [1.165, 1.54) is 6.07 Å². The lowest BCUT2D eigenvalue weighted by molar-refractivity contribution is -0.140. The summed E-state index contributed by atoms with van der Waals surface area (Å²) in [5.41, 5.74) is 4.04. The Hall–Kier alpha value is -1.10. The van der Waals surface area contributed by atoms with Crippen LogP contribution in [0.15, 0.2) is 18.2 Å². The zero-order valence-electron chi connectivity index (χ0n) is 9.90. The second kappa shape index (κ2) is 4.29. The first kappa shape index (κ1) is 14.0. The lowest BCUT2D eigenvalue weighted by atomic mass is 9.82. The first-order valence-electron chi connectivity index (χ1n) is 5.23. The van der Waals surface area contributed by atoms with E-state index >= 15 is 0 Å². The third-order valence-corrected chi connectivity index (χ3v) is 3.09. The van der Waals surface area contributed by atoms with Gasteiger partial charge in [0.05, 0.1) is 5.56 Å². The van der Waals surface area contributed by atoms with Gasteiger partial charge >= 0.3 is 6.18 Å². The van der Waals surface area contributed by atoms with Gasteiger partial charge in [-0.25, -0.2) is 4.39 Å². The summed E-state index contributed by atoms with van der Waals surface area (Å²) in [5.74, 6) is -1.34. The van der Waals surface area contributed by atoms with Crippen LogP contribution in [0, 0.1) is 11.7 Å². The summed E-state index contributed by atoms with van der Waals surface area (Å²) in [6, 6.07) is 2.89. The predicted molar refractivity (Wildman–Crippen MR) is 57.8 cm³/mol. The second-order valence-electron chi connectivity index (χ2n) is 4.63. The van der Waals surface area contributed by atoms with Gasteiger partial charge in [0.1, 0.15) is 5.82 Å². The van der Waals surface area contributed by atoms with Crippen molar-refractivity contribution in [2.24, 2.45) is 11.7 Å². The van der Waals surface area contributed by atoms with Crippen LogP contribution in [0.25, 0.3) is 0 Å². The second-order valence-corrected chi connectivity index (χ2v) is 4.63. The van der Waals surface area contributed by atoms with Crippen LogP contribution in [0.5, 0.6) is 0 Å². The van der Waals surface area contributed by atoms with E-state index in [2.05, 4.69) is 0 Å². The summed E-state index contributed by atoms with van der Waals surface area (Å²) in [7, 11) is 0. The summed E-state index contributed by atoms with van der Waals surface area (Å²) >= 11 is 0. The van der Waals surface area contributed by atoms with Gasteiger partial charge in [-0.1, -0.05) is 19.9 Å². The van der Waals surface area contributed by atoms with E-state index in [4.69, 9.17) is 5.73 Å². The van der Waals surface area contributed by atoms with Crippen molar-refractivity contribution in [1.29, 1.82) is 0 Å². The summed E-state index contributed by atoms with van der Waals surface area (Å²) < 4.78 is 50.7. The van der Waals surface area contributed by atoms with Crippen molar-refractivity contribution in [3.63, 3.8) is 0 Å². The van der Waals surface area contributed by atoms with E-state index in [0.717, 1.165) is 12.1 Å². The van der Waals surface area contributed by atoms with E-state index in [-0.39, 0.29) is 11.5 Å². The van der Waals surface area contributed by atoms with Crippen LogP contribution in [0.3, 0.4) is 0 Å². The molecule has 0 spiro atoms. The lowest BCUT2D eigenvalue weighted by Crippen LogP contribution is -2.38. The Kier molecular flexibility index (Phi) is 3.52. The van der Waals surface area contributed by atoms with Crippen molar-refractivity contribution in [3.8, 4) is 0 Å². The number of rotatable bonds is 2. The summed E-state index contributed by atoms with van der Waals surface area (Å²) in [4.78, 5) is 0. The molecular weight excluding hydrogens is 234 g/mol. The highest BCUT2D eigenvalue weighted by Crippen LogP contribution is 2.35. The SMILES string of the molecule is CC(C)C(C)(N)c1ccc(F)c(C(F)(F)F)c1. The van der Waals surface area contributed by atoms with Crippen molar-refractivity contribution in [1.82, 2.24) is 0 Å². The van der Waals surface area contributed by atoms with Gasteiger partial charge in [-0.15, -0.1) is 0 Å². The van der Waals surface area contributed by atoms with Gasteiger partial charge in [-0.05, 0) is 30.5 Å². The molecule has 1 aromatic rings. The molecule has 17 heavy (non-hydrogen) atoms. The summed E-state index contributed by atoms with van der Waals surface area (Å²) in [5, 5.41) is 0. The number of halogens is 4. The van der Waals surface area contributed by atoms with Gasteiger partial charge in [0, 0.05) is 5.54 Å². The van der Waals surface area contributed by atoms with Crippen LogP contribution < -0.4 is 5.73 Å². The van der Waals surface area contributed by atoms with E-state index in [1.807, 2.05) is 0 Å². The van der Waals surface area contributed by atoms with Crippen molar-refractivity contribution < 1.29 is 17.6 Å². The average Bonchev–Trinajstić information content (AvgIpc) is 2.15. The molecule has 1 unspecified atom stereocenters. The van der Waals surface area contributed by atoms with Crippen LogP contribution >= 0.6 is 0 Å². The first-order chi connectivity index (χ1) is 7.56. The molecule has 0 aliphatic rings. The molecule has 1 atom stereocenters. The van der Waals surface area contributed by atoms with E-state index < -0.39 is 23.1 Å². The van der Waals surface area contributed by atoms with Gasteiger partial charge in [-0.3, -0.25) is 0 Å². The Labute approximate surface area is 97.6 Å². The van der Waals surface area contributed by atoms with Crippen molar-refractivity contribution in [3.05, 3.63) is 35.1 Å². The molecule has 0 radical (unpaired) electrons. The maximum Gasteiger partial charge on any atom is 0.419 e. The predicted octanol–water partition coefficient (Wildman–Crippen LogP) is 3.67. The fraction of sp³-hybridized carbons (Fsp3) is 0.500. The summed E-state index contributed by atoms with van der Waals surface area (Å²) in [6.07, 6.45) is -4.70. The lowest BCUT2D eigenvalue weighted by Gasteiger charge is -2.30. The van der Waals surface area contributed by atoms with Crippen LogP contribution in [-0.4, -0.2) is 0 Å². The van der Waals surface area contributed by atoms with Crippen LogP contribution in [0.2, 0.25) is 0 Å². The molecule has 0 fully saturated rings. The molecule has 1 rings (SSSR count). The summed E-state index contributed by atoms with van der Waals surface area (Å²) in [6.45, 7) is 5.23. The molecule has 96 valence electrons. The van der Waals surface area contributed by atoms with E-state index in [0.29, 0.717) is 0 Å². The molecule has 0 saturated heterocycles. The van der Waals surface area contributed by atoms with Gasteiger partial charge in [0.2, 0.25) is 0 Å². The average molecular weight is 249 g/mol. The normalized spacial score (nSPS) is 16.1. The monoisotopic (exact) mass is 249 g/mol. The highest BCUT2D eigenvalue weighted by Gasteiger charge is 2.36. The van der Waals surface area contributed by atoms with Gasteiger partial charge in [0.25, 0.3) is 0 Å². The first-order valence-corrected chi connectivity index (χ1v) is 5.23. The maximum atomic E-state index is 13.1. The molecule has 0 aromatic heterocycles. The highest BCUT2D eigenvalue weighted by molar-refractivity contribution is 5.32. The minimum atomic E-state index is -4.70. The Morgan fingerprint density at radius 3 is 2.12 bits per heavy atom. The fourth-order valence-electron chi connectivity index (χ4n) is 1.41. The van der Waals surface area contributed by atoms with Gasteiger partial charge in [-0.2, -0.15) is 13.2 Å². The van der Waals surface area contributed by atoms with Crippen molar-refractivity contribution in [2.75, 3.05) is 0 Å². The van der Waals surface area contributed by atoms with Crippen LogP contribution in [0.4, 0.5) is 17.6 Å². The molecular formula is C12H15F4N. The standard InChI is InChI=1S/C12H15F4N/c1-7(2)11(3,17)8-4-5-10(13)9(6-8)12(14,15)16/h4-7H,17H2,1-3H3. The minimum Gasteiger partial charge on any atom is -0.321 e. The number of alkyl halides is 3. The topological polar surface area (TPSA) is 26.0 Å². The van der Waals surface area contributed by atoms with Crippen LogP contribution in [-0.2, 0) is 11.7 Å². The molecule has 0 saturated carbocycles. The number of benzene rings is 1. The number of nitrogens with two attached hydrogens (primary N) is 1. The van der Waals surface area contributed by atoms with Crippen molar-refractivity contribution >= 4 is 0 Å². The van der Waals surface area contributed by atoms with Gasteiger partial charge < -0.3 is 5.73 Å². The third-order valence-electron chi connectivity index (χ3n) is 3.09. The zero-order chi connectivity index (χ0) is 13.4. The Balaban J connectivity index is 3.32. The van der Waals surface area contributed by atoms with E-state index in [9.17, 15) is 17.6 Å². The molecule has 1 nitrogen and oxygen atoms in total. The molecule has 0 amide bonds. The largest absolute Gasteiger partial charge is 0.419 e. The smallest absolute Gasteiger partial charge is 0.321 e. The third kappa shape index (κ3) is 2.77. The fourth-order valence-corrected chi connectivity index (χ4v) is 1.41. The number of hydrogen-bond acceptors (Lipinski definition) is 1. The minimum absolute atomic E-state index is 0.0611. The number of hydrogen-bond donors (Lipinski definition) is 1. The quantitative estimate of drug-likeness (QED) is 0.795. The van der Waals surface area contributed by atoms with Gasteiger partial charge in [0.15, 0.2) is 0 Å². The zero-order valence-corrected chi connectivity index (χ0v) is 9.90. The Morgan fingerprint density at radius 1 is 1.18 bits per heavy atom.